The van der Waals surface area contributed by atoms with Crippen molar-refractivity contribution in [3.05, 3.63) is 24.2 Å². The van der Waals surface area contributed by atoms with Crippen molar-refractivity contribution in [3.63, 3.8) is 0 Å². The maximum Gasteiger partial charge on any atom is 0.340 e. The number of aromatic nitrogens is 3. The molecule has 0 saturated carbocycles. The van der Waals surface area contributed by atoms with Crippen molar-refractivity contribution in [3.8, 4) is 0 Å². The molecule has 2 aromatic heterocycles. The Labute approximate surface area is 112 Å². The van der Waals surface area contributed by atoms with Gasteiger partial charge in [0.15, 0.2) is 4.34 Å². The van der Waals surface area contributed by atoms with Gasteiger partial charge in [-0.3, -0.25) is 0 Å². The Morgan fingerprint density at radius 2 is 2.39 bits per heavy atom. The summed E-state index contributed by atoms with van der Waals surface area (Å²) < 4.78 is 9.56. The van der Waals surface area contributed by atoms with Crippen molar-refractivity contribution in [2.24, 2.45) is 0 Å². The van der Waals surface area contributed by atoms with Crippen LogP contribution in [0, 0.1) is 0 Å². The van der Waals surface area contributed by atoms with Gasteiger partial charge in [-0.15, -0.1) is 0 Å². The van der Waals surface area contributed by atoms with E-state index in [1.807, 2.05) is 0 Å². The zero-order chi connectivity index (χ0) is 13.0. The van der Waals surface area contributed by atoms with Crippen LogP contribution in [0.25, 0.3) is 0 Å². The number of ether oxygens (including phenoxy) is 1. The number of carbonyl (C=O) groups is 1. The monoisotopic (exact) mass is 282 g/mol. The molecular weight excluding hydrogens is 272 g/mol. The zero-order valence-electron chi connectivity index (χ0n) is 9.49. The van der Waals surface area contributed by atoms with Crippen LogP contribution < -0.4 is 5.73 Å². The average Bonchev–Trinajstić information content (AvgIpc) is 2.84. The van der Waals surface area contributed by atoms with E-state index < -0.39 is 5.97 Å². The Morgan fingerprint density at radius 1 is 1.56 bits per heavy atom. The number of nitrogen functional groups attached to an aromatic ring is 1. The summed E-state index contributed by atoms with van der Waals surface area (Å²) >= 11 is 2.50. The van der Waals surface area contributed by atoms with Crippen LogP contribution in [0.2, 0.25) is 0 Å². The van der Waals surface area contributed by atoms with Crippen molar-refractivity contribution in [1.29, 1.82) is 0 Å². The van der Waals surface area contributed by atoms with E-state index in [1.54, 1.807) is 13.0 Å². The van der Waals surface area contributed by atoms with Crippen molar-refractivity contribution in [1.82, 2.24) is 14.3 Å². The molecule has 0 saturated heterocycles. The van der Waals surface area contributed by atoms with Crippen LogP contribution in [0.3, 0.4) is 0 Å². The molecule has 2 N–H and O–H groups in total. The fourth-order valence-electron chi connectivity index (χ4n) is 1.20. The van der Waals surface area contributed by atoms with Gasteiger partial charge < -0.3 is 10.5 Å². The molecule has 0 aliphatic rings. The Balaban J connectivity index is 2.31. The van der Waals surface area contributed by atoms with Gasteiger partial charge >= 0.3 is 5.97 Å². The Kier molecular flexibility index (Phi) is 4.11. The lowest BCUT2D eigenvalue weighted by Gasteiger charge is -2.06. The van der Waals surface area contributed by atoms with Gasteiger partial charge in [-0.1, -0.05) is 0 Å². The van der Waals surface area contributed by atoms with Gasteiger partial charge in [0.1, 0.15) is 11.4 Å². The summed E-state index contributed by atoms with van der Waals surface area (Å²) in [4.78, 5) is 19.9. The first-order chi connectivity index (χ1) is 8.70. The number of nitrogens with zero attached hydrogens (tertiary/aromatic N) is 3. The second kappa shape index (κ2) is 5.78. The highest BCUT2D eigenvalue weighted by atomic mass is 32.2. The molecule has 94 valence electrons. The SMILES string of the molecule is CCOC(=O)c1cc(N)cnc1Sc1ncns1. The molecule has 0 unspecified atom stereocenters. The number of esters is 1. The van der Waals surface area contributed by atoms with E-state index in [4.69, 9.17) is 10.5 Å². The van der Waals surface area contributed by atoms with Crippen LogP contribution in [0.1, 0.15) is 17.3 Å². The van der Waals surface area contributed by atoms with E-state index in [9.17, 15) is 4.79 Å². The minimum Gasteiger partial charge on any atom is -0.462 e. The molecule has 0 bridgehead atoms. The lowest BCUT2D eigenvalue weighted by molar-refractivity contribution is 0.0521. The number of pyridine rings is 1. The molecule has 2 heterocycles. The molecule has 2 rings (SSSR count). The molecule has 6 nitrogen and oxygen atoms in total. The summed E-state index contributed by atoms with van der Waals surface area (Å²) in [6.45, 7) is 2.05. The number of hydrogen-bond donors (Lipinski definition) is 1. The van der Waals surface area contributed by atoms with Crippen molar-refractivity contribution < 1.29 is 9.53 Å². The van der Waals surface area contributed by atoms with Crippen LogP contribution >= 0.6 is 23.3 Å². The third-order valence-electron chi connectivity index (χ3n) is 1.89. The van der Waals surface area contributed by atoms with E-state index >= 15 is 0 Å². The second-order valence-electron chi connectivity index (χ2n) is 3.15. The average molecular weight is 282 g/mol. The normalized spacial score (nSPS) is 10.3. The molecule has 0 aliphatic heterocycles. The van der Waals surface area contributed by atoms with Crippen LogP contribution in [-0.2, 0) is 4.74 Å². The van der Waals surface area contributed by atoms with Crippen LogP contribution in [0.15, 0.2) is 28.0 Å². The highest BCUT2D eigenvalue weighted by Crippen LogP contribution is 2.30. The standard InChI is InChI=1S/C10H10N4O2S2/c1-2-16-9(15)7-3-6(11)4-12-8(7)17-10-13-5-14-18-10/h3-5H,2,11H2,1H3. The highest BCUT2D eigenvalue weighted by molar-refractivity contribution is 8.01. The number of rotatable bonds is 4. The molecule has 8 heteroatoms. The third kappa shape index (κ3) is 2.96. The largest absolute Gasteiger partial charge is 0.462 e. The first-order valence-electron chi connectivity index (χ1n) is 5.08. The summed E-state index contributed by atoms with van der Waals surface area (Å²) in [5.74, 6) is -0.440. The van der Waals surface area contributed by atoms with Crippen LogP contribution in [0.4, 0.5) is 5.69 Å². The highest BCUT2D eigenvalue weighted by Gasteiger charge is 2.16. The maximum atomic E-state index is 11.8. The van der Waals surface area contributed by atoms with Gasteiger partial charge in [0.25, 0.3) is 0 Å². The number of anilines is 1. The number of hydrogen-bond acceptors (Lipinski definition) is 8. The summed E-state index contributed by atoms with van der Waals surface area (Å²) in [5, 5.41) is 0.513. The summed E-state index contributed by atoms with van der Waals surface area (Å²) in [6.07, 6.45) is 2.94. The molecule has 0 fully saturated rings. The minimum atomic E-state index is -0.440. The van der Waals surface area contributed by atoms with E-state index in [0.29, 0.717) is 27.2 Å². The number of carbonyl (C=O) groups excluding carboxylic acids is 1. The predicted molar refractivity (Wildman–Crippen MR) is 68.6 cm³/mol. The fourth-order valence-corrected chi connectivity index (χ4v) is 2.61. The van der Waals surface area contributed by atoms with Gasteiger partial charge in [-0.2, -0.15) is 4.37 Å². The Hall–Kier alpha value is -1.67. The molecule has 0 aliphatic carbocycles. The van der Waals surface area contributed by atoms with Crippen molar-refractivity contribution in [2.45, 2.75) is 16.3 Å². The summed E-state index contributed by atoms with van der Waals surface area (Å²) in [6, 6.07) is 1.55. The first-order valence-corrected chi connectivity index (χ1v) is 6.67. The van der Waals surface area contributed by atoms with E-state index in [0.717, 1.165) is 0 Å². The van der Waals surface area contributed by atoms with Crippen LogP contribution in [0.5, 0.6) is 0 Å². The second-order valence-corrected chi connectivity index (χ2v) is 5.17. The van der Waals surface area contributed by atoms with Crippen molar-refractivity contribution >= 4 is 35.0 Å². The van der Waals surface area contributed by atoms with Gasteiger partial charge in [0.05, 0.1) is 24.1 Å². The Morgan fingerprint density at radius 3 is 3.06 bits per heavy atom. The topological polar surface area (TPSA) is 91.0 Å². The quantitative estimate of drug-likeness (QED) is 0.855. The lowest BCUT2D eigenvalue weighted by atomic mass is 10.3. The molecule has 0 atom stereocenters. The predicted octanol–water partition coefficient (Wildman–Crippen LogP) is 1.84. The molecule has 0 spiro atoms. The third-order valence-corrected chi connectivity index (χ3v) is 3.63. The summed E-state index contributed by atoms with van der Waals surface area (Å²) in [5.41, 5.74) is 6.39. The minimum absolute atomic E-state index is 0.302. The molecule has 0 amide bonds. The van der Waals surface area contributed by atoms with Gasteiger partial charge in [-0.25, -0.2) is 14.8 Å². The lowest BCUT2D eigenvalue weighted by Crippen LogP contribution is -2.08. The molecular formula is C10H10N4O2S2. The van der Waals surface area contributed by atoms with E-state index in [2.05, 4.69) is 14.3 Å². The maximum absolute atomic E-state index is 11.8. The smallest absolute Gasteiger partial charge is 0.340 e. The van der Waals surface area contributed by atoms with E-state index in [1.165, 1.54) is 35.8 Å². The Bertz CT molecular complexity index is 545. The molecule has 0 radical (unpaired) electrons. The van der Waals surface area contributed by atoms with Crippen LogP contribution in [-0.4, -0.2) is 26.9 Å². The molecule has 18 heavy (non-hydrogen) atoms. The number of nitrogens with two attached hydrogens (primary N) is 1. The first kappa shape index (κ1) is 12.8. The zero-order valence-corrected chi connectivity index (χ0v) is 11.1. The van der Waals surface area contributed by atoms with E-state index in [-0.39, 0.29) is 0 Å². The molecule has 2 aromatic rings. The van der Waals surface area contributed by atoms with Gasteiger partial charge in [0.2, 0.25) is 0 Å². The fraction of sp³-hybridized carbons (Fsp3) is 0.200. The van der Waals surface area contributed by atoms with Crippen molar-refractivity contribution in [2.75, 3.05) is 12.3 Å². The van der Waals surface area contributed by atoms with Gasteiger partial charge in [-0.05, 0) is 36.3 Å². The molecule has 0 aromatic carbocycles. The summed E-state index contributed by atoms with van der Waals surface area (Å²) in [7, 11) is 0. The van der Waals surface area contributed by atoms with Gasteiger partial charge in [0, 0.05) is 0 Å².